The van der Waals surface area contributed by atoms with Gasteiger partial charge in [0.25, 0.3) is 0 Å². The van der Waals surface area contributed by atoms with Crippen LogP contribution < -0.4 is 5.73 Å². The highest BCUT2D eigenvalue weighted by atomic mass is 32.1. The van der Waals surface area contributed by atoms with Crippen LogP contribution in [-0.2, 0) is 4.74 Å². The number of anilines is 1. The summed E-state index contributed by atoms with van der Waals surface area (Å²) in [6.07, 6.45) is 0. The highest BCUT2D eigenvalue weighted by molar-refractivity contribution is 7.17. The van der Waals surface area contributed by atoms with Crippen LogP contribution in [0.2, 0.25) is 0 Å². The molecular weight excluding hydrogens is 248 g/mol. The van der Waals surface area contributed by atoms with Crippen LogP contribution in [0.5, 0.6) is 0 Å². The second kappa shape index (κ2) is 5.18. The molecule has 4 nitrogen and oxygen atoms in total. The topological polar surface area (TPSA) is 65.2 Å². The minimum Gasteiger partial charge on any atom is -0.462 e. The smallest absolute Gasteiger partial charge is 0.350 e. The zero-order valence-electron chi connectivity index (χ0n) is 10.3. The fourth-order valence-corrected chi connectivity index (χ4v) is 2.43. The van der Waals surface area contributed by atoms with E-state index in [1.165, 1.54) is 0 Å². The van der Waals surface area contributed by atoms with E-state index in [-0.39, 0.29) is 5.97 Å². The van der Waals surface area contributed by atoms with Crippen LogP contribution in [0.3, 0.4) is 0 Å². The van der Waals surface area contributed by atoms with Crippen LogP contribution in [0.25, 0.3) is 11.3 Å². The van der Waals surface area contributed by atoms with Gasteiger partial charge in [-0.2, -0.15) is 0 Å². The Morgan fingerprint density at radius 2 is 2.17 bits per heavy atom. The molecule has 0 atom stereocenters. The van der Waals surface area contributed by atoms with E-state index < -0.39 is 0 Å². The molecule has 0 unspecified atom stereocenters. The summed E-state index contributed by atoms with van der Waals surface area (Å²) in [5.41, 5.74) is 8.27. The highest BCUT2D eigenvalue weighted by Gasteiger charge is 2.20. The van der Waals surface area contributed by atoms with Gasteiger partial charge in [-0.15, -0.1) is 0 Å². The minimum atomic E-state index is -0.370. The molecule has 0 radical (unpaired) electrons. The summed E-state index contributed by atoms with van der Waals surface area (Å²) in [7, 11) is 0. The second-order valence-electron chi connectivity index (χ2n) is 3.77. The maximum atomic E-state index is 11.9. The molecule has 94 valence electrons. The van der Waals surface area contributed by atoms with Gasteiger partial charge in [-0.05, 0) is 19.4 Å². The molecule has 5 heteroatoms. The Kier molecular flexibility index (Phi) is 3.62. The average molecular weight is 262 g/mol. The van der Waals surface area contributed by atoms with Crippen molar-refractivity contribution in [2.75, 3.05) is 12.3 Å². The Morgan fingerprint density at radius 1 is 1.44 bits per heavy atom. The van der Waals surface area contributed by atoms with Crippen molar-refractivity contribution in [3.05, 3.63) is 34.7 Å². The maximum absolute atomic E-state index is 11.9. The molecule has 0 spiro atoms. The first-order valence-corrected chi connectivity index (χ1v) is 6.44. The summed E-state index contributed by atoms with van der Waals surface area (Å²) in [6, 6.07) is 7.75. The largest absolute Gasteiger partial charge is 0.462 e. The summed E-state index contributed by atoms with van der Waals surface area (Å²) in [5.74, 6) is -0.370. The normalized spacial score (nSPS) is 10.3. The second-order valence-corrected chi connectivity index (χ2v) is 4.80. The lowest BCUT2D eigenvalue weighted by Crippen LogP contribution is -2.04. The van der Waals surface area contributed by atoms with Crippen molar-refractivity contribution in [1.82, 2.24) is 4.98 Å². The van der Waals surface area contributed by atoms with E-state index in [1.807, 2.05) is 31.2 Å². The number of nitrogen functional groups attached to an aromatic ring is 1. The van der Waals surface area contributed by atoms with E-state index in [0.29, 0.717) is 22.3 Å². The first kappa shape index (κ1) is 12.6. The molecule has 0 aliphatic rings. The molecule has 0 saturated heterocycles. The van der Waals surface area contributed by atoms with Crippen LogP contribution in [0.4, 0.5) is 5.13 Å². The summed E-state index contributed by atoms with van der Waals surface area (Å²) in [5, 5.41) is 0.372. The van der Waals surface area contributed by atoms with E-state index in [9.17, 15) is 4.79 Å². The monoisotopic (exact) mass is 262 g/mol. The molecule has 2 N–H and O–H groups in total. The lowest BCUT2D eigenvalue weighted by molar-refractivity contribution is 0.0532. The summed E-state index contributed by atoms with van der Waals surface area (Å²) >= 11 is 1.16. The van der Waals surface area contributed by atoms with Gasteiger partial charge in [0, 0.05) is 5.56 Å². The number of aryl methyl sites for hydroxylation is 1. The van der Waals surface area contributed by atoms with Crippen LogP contribution >= 0.6 is 11.3 Å². The standard InChI is InChI=1S/C13H14N2O2S/c1-3-17-12(16)11-10(15-13(14)18-11)9-7-5-4-6-8(9)2/h4-7H,3H2,1-2H3,(H2,14,15). The van der Waals surface area contributed by atoms with Crippen LogP contribution in [0, 0.1) is 6.92 Å². The van der Waals surface area contributed by atoms with Crippen molar-refractivity contribution in [1.29, 1.82) is 0 Å². The summed E-state index contributed by atoms with van der Waals surface area (Å²) in [6.45, 7) is 4.08. The SMILES string of the molecule is CCOC(=O)c1sc(N)nc1-c1ccccc1C. The van der Waals surface area contributed by atoms with Crippen molar-refractivity contribution >= 4 is 22.4 Å². The van der Waals surface area contributed by atoms with Gasteiger partial charge in [0.05, 0.1) is 12.3 Å². The molecular formula is C13H14N2O2S. The van der Waals surface area contributed by atoms with E-state index in [0.717, 1.165) is 22.5 Å². The Bertz CT molecular complexity index is 578. The summed E-state index contributed by atoms with van der Waals surface area (Å²) in [4.78, 5) is 16.6. The van der Waals surface area contributed by atoms with Gasteiger partial charge in [-0.25, -0.2) is 9.78 Å². The number of nitrogens with zero attached hydrogens (tertiary/aromatic N) is 1. The number of ether oxygens (including phenoxy) is 1. The molecule has 2 rings (SSSR count). The number of rotatable bonds is 3. The van der Waals surface area contributed by atoms with E-state index >= 15 is 0 Å². The maximum Gasteiger partial charge on any atom is 0.350 e. The molecule has 0 amide bonds. The first-order chi connectivity index (χ1) is 8.63. The van der Waals surface area contributed by atoms with Gasteiger partial charge in [0.2, 0.25) is 0 Å². The van der Waals surface area contributed by atoms with Gasteiger partial charge in [-0.3, -0.25) is 0 Å². The fourth-order valence-electron chi connectivity index (χ4n) is 1.69. The zero-order valence-corrected chi connectivity index (χ0v) is 11.1. The number of thiazole rings is 1. The molecule has 0 saturated carbocycles. The number of nitrogens with two attached hydrogens (primary N) is 1. The molecule has 2 aromatic rings. The number of esters is 1. The number of carbonyl (C=O) groups excluding carboxylic acids is 1. The molecule has 1 aromatic heterocycles. The Balaban J connectivity index is 2.51. The van der Waals surface area contributed by atoms with Crippen molar-refractivity contribution < 1.29 is 9.53 Å². The molecule has 0 fully saturated rings. The third-order valence-electron chi connectivity index (χ3n) is 2.50. The molecule has 1 heterocycles. The first-order valence-electron chi connectivity index (χ1n) is 5.63. The van der Waals surface area contributed by atoms with Crippen LogP contribution in [0.1, 0.15) is 22.2 Å². The third kappa shape index (κ3) is 2.36. The zero-order chi connectivity index (χ0) is 13.1. The molecule has 0 bridgehead atoms. The molecule has 0 aliphatic heterocycles. The lowest BCUT2D eigenvalue weighted by Gasteiger charge is -2.05. The number of benzene rings is 1. The van der Waals surface area contributed by atoms with Gasteiger partial charge in [0.1, 0.15) is 4.88 Å². The fraction of sp³-hybridized carbons (Fsp3) is 0.231. The highest BCUT2D eigenvalue weighted by Crippen LogP contribution is 2.32. The third-order valence-corrected chi connectivity index (χ3v) is 3.37. The van der Waals surface area contributed by atoms with Crippen molar-refractivity contribution in [3.63, 3.8) is 0 Å². The number of hydrogen-bond acceptors (Lipinski definition) is 5. The van der Waals surface area contributed by atoms with Gasteiger partial charge in [0.15, 0.2) is 5.13 Å². The molecule has 0 aliphatic carbocycles. The quantitative estimate of drug-likeness (QED) is 0.864. The van der Waals surface area contributed by atoms with Crippen LogP contribution in [-0.4, -0.2) is 17.6 Å². The molecule has 1 aromatic carbocycles. The number of hydrogen-bond donors (Lipinski definition) is 1. The summed E-state index contributed by atoms with van der Waals surface area (Å²) < 4.78 is 5.02. The lowest BCUT2D eigenvalue weighted by atomic mass is 10.1. The van der Waals surface area contributed by atoms with E-state index in [4.69, 9.17) is 10.5 Å². The number of aromatic nitrogens is 1. The predicted molar refractivity (Wildman–Crippen MR) is 72.7 cm³/mol. The molecule has 18 heavy (non-hydrogen) atoms. The minimum absolute atomic E-state index is 0.337. The predicted octanol–water partition coefficient (Wildman–Crippen LogP) is 2.88. The average Bonchev–Trinajstić information content (AvgIpc) is 2.72. The Hall–Kier alpha value is -1.88. The van der Waals surface area contributed by atoms with Gasteiger partial charge >= 0.3 is 5.97 Å². The van der Waals surface area contributed by atoms with Crippen molar-refractivity contribution in [2.45, 2.75) is 13.8 Å². The van der Waals surface area contributed by atoms with Gasteiger partial charge in [-0.1, -0.05) is 35.6 Å². The van der Waals surface area contributed by atoms with Gasteiger partial charge < -0.3 is 10.5 Å². The number of carbonyl (C=O) groups is 1. The Labute approximate surface area is 109 Å². The van der Waals surface area contributed by atoms with Crippen LogP contribution in [0.15, 0.2) is 24.3 Å². The van der Waals surface area contributed by atoms with Crippen molar-refractivity contribution in [2.24, 2.45) is 0 Å². The van der Waals surface area contributed by atoms with E-state index in [2.05, 4.69) is 4.98 Å². The van der Waals surface area contributed by atoms with Crippen molar-refractivity contribution in [3.8, 4) is 11.3 Å². The Morgan fingerprint density at radius 3 is 2.83 bits per heavy atom. The van der Waals surface area contributed by atoms with E-state index in [1.54, 1.807) is 6.92 Å².